The summed E-state index contributed by atoms with van der Waals surface area (Å²) in [6.07, 6.45) is 1.50. The molecule has 1 unspecified atom stereocenters. The average molecular weight is 438 g/mol. The highest BCUT2D eigenvalue weighted by molar-refractivity contribution is 6.46. The number of aliphatic hydroxyl groups excluding tert-OH is 1. The lowest BCUT2D eigenvalue weighted by molar-refractivity contribution is -0.140. The number of hydrogen-bond acceptors (Lipinski definition) is 5. The molecule has 31 heavy (non-hydrogen) atoms. The summed E-state index contributed by atoms with van der Waals surface area (Å²) < 4.78 is 11.0. The van der Waals surface area contributed by atoms with Crippen LogP contribution in [0.4, 0.5) is 0 Å². The molecule has 1 aromatic heterocycles. The Kier molecular flexibility index (Phi) is 5.82. The van der Waals surface area contributed by atoms with Crippen molar-refractivity contribution in [1.29, 1.82) is 0 Å². The number of benzene rings is 2. The van der Waals surface area contributed by atoms with Crippen molar-refractivity contribution in [3.63, 3.8) is 0 Å². The Hall–Kier alpha value is -3.51. The SMILES string of the molecule is CCOc1cccc(C2C(=C(O)c3ccc(Cl)cc3)C(=O)C(=O)N2Cc2ccco2)c1. The van der Waals surface area contributed by atoms with E-state index in [1.54, 1.807) is 60.7 Å². The molecule has 158 valence electrons. The number of hydrogen-bond donors (Lipinski definition) is 1. The van der Waals surface area contributed by atoms with Gasteiger partial charge < -0.3 is 19.2 Å². The second kappa shape index (κ2) is 8.70. The number of ketones is 1. The number of furan rings is 1. The molecule has 1 aliphatic heterocycles. The molecular formula is C24H20ClNO5. The Morgan fingerprint density at radius 1 is 1.13 bits per heavy atom. The Labute approximate surface area is 184 Å². The second-order valence-corrected chi connectivity index (χ2v) is 7.46. The highest BCUT2D eigenvalue weighted by Crippen LogP contribution is 2.41. The van der Waals surface area contributed by atoms with Gasteiger partial charge in [-0.2, -0.15) is 0 Å². The molecule has 4 rings (SSSR count). The Morgan fingerprint density at radius 2 is 1.90 bits per heavy atom. The van der Waals surface area contributed by atoms with E-state index in [-0.39, 0.29) is 17.9 Å². The van der Waals surface area contributed by atoms with Gasteiger partial charge >= 0.3 is 0 Å². The number of amides is 1. The first-order chi connectivity index (χ1) is 15.0. The fourth-order valence-electron chi connectivity index (χ4n) is 3.66. The van der Waals surface area contributed by atoms with Crippen LogP contribution in [-0.2, 0) is 16.1 Å². The third-order valence-electron chi connectivity index (χ3n) is 5.05. The van der Waals surface area contributed by atoms with E-state index in [9.17, 15) is 14.7 Å². The third kappa shape index (κ3) is 4.07. The minimum Gasteiger partial charge on any atom is -0.507 e. The smallest absolute Gasteiger partial charge is 0.296 e. The van der Waals surface area contributed by atoms with Crippen LogP contribution < -0.4 is 4.74 Å². The molecule has 1 aliphatic rings. The number of Topliss-reactive ketones (excluding diaryl/α,β-unsaturated/α-hetero) is 1. The van der Waals surface area contributed by atoms with Crippen LogP contribution in [0, 0.1) is 0 Å². The maximum absolute atomic E-state index is 13.0. The summed E-state index contributed by atoms with van der Waals surface area (Å²) in [5.74, 6) is -0.595. The Balaban J connectivity index is 1.86. The molecule has 2 heterocycles. The van der Waals surface area contributed by atoms with Crippen LogP contribution in [0.2, 0.25) is 5.02 Å². The van der Waals surface area contributed by atoms with Gasteiger partial charge in [-0.05, 0) is 61.0 Å². The van der Waals surface area contributed by atoms with Crippen LogP contribution >= 0.6 is 11.6 Å². The van der Waals surface area contributed by atoms with Crippen molar-refractivity contribution in [1.82, 2.24) is 4.90 Å². The molecule has 0 aliphatic carbocycles. The van der Waals surface area contributed by atoms with E-state index in [0.717, 1.165) is 0 Å². The molecule has 1 atom stereocenters. The predicted octanol–water partition coefficient (Wildman–Crippen LogP) is 4.95. The number of carbonyl (C=O) groups excluding carboxylic acids is 2. The van der Waals surface area contributed by atoms with E-state index in [2.05, 4.69) is 0 Å². The van der Waals surface area contributed by atoms with E-state index < -0.39 is 17.7 Å². The van der Waals surface area contributed by atoms with Crippen molar-refractivity contribution in [2.75, 3.05) is 6.61 Å². The largest absolute Gasteiger partial charge is 0.507 e. The van der Waals surface area contributed by atoms with Gasteiger partial charge in [-0.1, -0.05) is 23.7 Å². The normalized spacial score (nSPS) is 17.9. The van der Waals surface area contributed by atoms with Crippen molar-refractivity contribution in [2.24, 2.45) is 0 Å². The summed E-state index contributed by atoms with van der Waals surface area (Å²) >= 11 is 5.95. The van der Waals surface area contributed by atoms with E-state index >= 15 is 0 Å². The zero-order valence-electron chi connectivity index (χ0n) is 16.7. The van der Waals surface area contributed by atoms with Crippen LogP contribution in [0.5, 0.6) is 5.75 Å². The van der Waals surface area contributed by atoms with Crippen LogP contribution in [0.25, 0.3) is 5.76 Å². The minimum atomic E-state index is -0.804. The van der Waals surface area contributed by atoms with Crippen LogP contribution in [0.1, 0.15) is 29.9 Å². The van der Waals surface area contributed by atoms with Gasteiger partial charge in [-0.3, -0.25) is 9.59 Å². The number of nitrogens with zero attached hydrogens (tertiary/aromatic N) is 1. The molecule has 6 nitrogen and oxygen atoms in total. The lowest BCUT2D eigenvalue weighted by Gasteiger charge is -2.25. The van der Waals surface area contributed by atoms with Gasteiger partial charge in [0.15, 0.2) is 0 Å². The van der Waals surface area contributed by atoms with E-state index in [1.807, 2.05) is 6.92 Å². The summed E-state index contributed by atoms with van der Waals surface area (Å²) in [7, 11) is 0. The van der Waals surface area contributed by atoms with Gasteiger partial charge in [-0.25, -0.2) is 0 Å². The highest BCUT2D eigenvalue weighted by atomic mass is 35.5. The lowest BCUT2D eigenvalue weighted by atomic mass is 9.95. The van der Waals surface area contributed by atoms with Gasteiger partial charge in [-0.15, -0.1) is 0 Å². The van der Waals surface area contributed by atoms with Gasteiger partial charge in [0, 0.05) is 10.6 Å². The van der Waals surface area contributed by atoms with Crippen molar-refractivity contribution in [3.05, 3.63) is 94.4 Å². The van der Waals surface area contributed by atoms with Crippen LogP contribution in [0.15, 0.2) is 76.9 Å². The summed E-state index contributed by atoms with van der Waals surface area (Å²) in [6.45, 7) is 2.43. The Morgan fingerprint density at radius 3 is 2.58 bits per heavy atom. The van der Waals surface area contributed by atoms with Gasteiger partial charge in [0.05, 0.1) is 31.0 Å². The molecule has 1 N–H and O–H groups in total. The van der Waals surface area contributed by atoms with Gasteiger partial charge in [0.1, 0.15) is 17.3 Å². The topological polar surface area (TPSA) is 80.0 Å². The quantitative estimate of drug-likeness (QED) is 0.335. The number of rotatable bonds is 6. The molecular weight excluding hydrogens is 418 g/mol. The summed E-state index contributed by atoms with van der Waals surface area (Å²) in [6, 6.07) is 16.2. The number of ether oxygens (including phenoxy) is 1. The van der Waals surface area contributed by atoms with Gasteiger partial charge in [0.25, 0.3) is 11.7 Å². The van der Waals surface area contributed by atoms with Crippen molar-refractivity contribution in [2.45, 2.75) is 19.5 Å². The lowest BCUT2D eigenvalue weighted by Crippen LogP contribution is -2.29. The first kappa shape index (κ1) is 20.8. The monoisotopic (exact) mass is 437 g/mol. The number of carbonyl (C=O) groups is 2. The third-order valence-corrected chi connectivity index (χ3v) is 5.30. The van der Waals surface area contributed by atoms with Crippen molar-refractivity contribution in [3.8, 4) is 5.75 Å². The highest BCUT2D eigenvalue weighted by Gasteiger charge is 2.46. The van der Waals surface area contributed by atoms with Crippen LogP contribution in [0.3, 0.4) is 0 Å². The van der Waals surface area contributed by atoms with E-state index in [4.69, 9.17) is 20.8 Å². The molecule has 0 radical (unpaired) electrons. The summed E-state index contributed by atoms with van der Waals surface area (Å²) in [5, 5.41) is 11.5. The summed E-state index contributed by atoms with van der Waals surface area (Å²) in [5.41, 5.74) is 1.05. The van der Waals surface area contributed by atoms with Crippen LogP contribution in [-0.4, -0.2) is 28.3 Å². The first-order valence-corrected chi connectivity index (χ1v) is 10.2. The fourth-order valence-corrected chi connectivity index (χ4v) is 3.79. The molecule has 0 saturated carbocycles. The standard InChI is InChI=1S/C24H20ClNO5/c1-2-30-18-6-3-5-16(13-18)21-20(22(27)15-8-10-17(25)11-9-15)23(28)24(29)26(21)14-19-7-4-12-31-19/h3-13,21,27H,2,14H2,1H3. The molecule has 1 amide bonds. The Bertz CT molecular complexity index is 1140. The zero-order valence-corrected chi connectivity index (χ0v) is 17.5. The maximum Gasteiger partial charge on any atom is 0.296 e. The molecule has 1 saturated heterocycles. The van der Waals surface area contributed by atoms with Crippen molar-refractivity contribution < 1.29 is 23.8 Å². The zero-order chi connectivity index (χ0) is 22.0. The number of aliphatic hydroxyl groups is 1. The number of likely N-dealkylation sites (tertiary alicyclic amines) is 1. The van der Waals surface area contributed by atoms with E-state index in [0.29, 0.717) is 34.3 Å². The second-order valence-electron chi connectivity index (χ2n) is 7.02. The first-order valence-electron chi connectivity index (χ1n) is 9.79. The predicted molar refractivity (Wildman–Crippen MR) is 116 cm³/mol. The fraction of sp³-hybridized carbons (Fsp3) is 0.167. The maximum atomic E-state index is 13.0. The minimum absolute atomic E-state index is 0.00697. The van der Waals surface area contributed by atoms with Crippen molar-refractivity contribution >= 4 is 29.1 Å². The molecule has 0 spiro atoms. The molecule has 2 aromatic carbocycles. The summed E-state index contributed by atoms with van der Waals surface area (Å²) in [4.78, 5) is 27.4. The molecule has 3 aromatic rings. The molecule has 0 bridgehead atoms. The average Bonchev–Trinajstić information content (AvgIpc) is 3.37. The number of halogens is 1. The van der Waals surface area contributed by atoms with Gasteiger partial charge in [0.2, 0.25) is 0 Å². The molecule has 1 fully saturated rings. The molecule has 7 heteroatoms. The van der Waals surface area contributed by atoms with E-state index in [1.165, 1.54) is 11.2 Å².